The molecule has 19 heavy (non-hydrogen) atoms. The molecule has 0 aliphatic rings. The minimum Gasteiger partial charge on any atom is -0.497 e. The first kappa shape index (κ1) is 15.3. The van der Waals surface area contributed by atoms with Crippen LogP contribution in [0.5, 0.6) is 11.5 Å². The van der Waals surface area contributed by atoms with E-state index >= 15 is 0 Å². The summed E-state index contributed by atoms with van der Waals surface area (Å²) in [4.78, 5) is 11.3. The second kappa shape index (κ2) is 6.43. The topological polar surface area (TPSA) is 73.6 Å². The number of ether oxygens (including phenoxy) is 2. The third-order valence-corrected chi connectivity index (χ3v) is 3.05. The van der Waals surface area contributed by atoms with Crippen molar-refractivity contribution >= 4 is 5.91 Å². The normalized spacial score (nSPS) is 11.0. The zero-order valence-electron chi connectivity index (χ0n) is 11.9. The zero-order valence-corrected chi connectivity index (χ0v) is 11.9. The van der Waals surface area contributed by atoms with E-state index < -0.39 is 0 Å². The fraction of sp³-hybridized carbons (Fsp3) is 0.500. The lowest BCUT2D eigenvalue weighted by atomic mass is 9.83. The van der Waals surface area contributed by atoms with Gasteiger partial charge >= 0.3 is 0 Å². The molecule has 0 unspecified atom stereocenters. The Labute approximate surface area is 114 Å². The molecule has 1 aromatic carbocycles. The summed E-state index contributed by atoms with van der Waals surface area (Å²) in [5.41, 5.74) is 5.98. The third-order valence-electron chi connectivity index (χ3n) is 3.05. The summed E-state index contributed by atoms with van der Waals surface area (Å²) in [6, 6.07) is 5.63. The molecule has 0 aliphatic heterocycles. The summed E-state index contributed by atoms with van der Waals surface area (Å²) in [6.07, 6.45) is 0. The Kier molecular flexibility index (Phi) is 5.18. The molecule has 3 N–H and O–H groups in total. The van der Waals surface area contributed by atoms with E-state index in [1.165, 1.54) is 0 Å². The van der Waals surface area contributed by atoms with E-state index in [1.807, 2.05) is 32.0 Å². The van der Waals surface area contributed by atoms with Gasteiger partial charge in [0.2, 0.25) is 5.91 Å². The van der Waals surface area contributed by atoms with Crippen LogP contribution in [-0.4, -0.2) is 33.2 Å². The smallest absolute Gasteiger partial charge is 0.233 e. The fourth-order valence-electron chi connectivity index (χ4n) is 1.83. The van der Waals surface area contributed by atoms with Crippen LogP contribution in [0.15, 0.2) is 18.2 Å². The van der Waals surface area contributed by atoms with E-state index in [2.05, 4.69) is 5.32 Å². The molecule has 1 rings (SSSR count). The molecule has 0 saturated carbocycles. The summed E-state index contributed by atoms with van der Waals surface area (Å²) in [7, 11) is 3.24. The second-order valence-corrected chi connectivity index (χ2v) is 4.93. The molecule has 0 fully saturated rings. The van der Waals surface area contributed by atoms with Crippen LogP contribution in [0, 0.1) is 0 Å². The van der Waals surface area contributed by atoms with Crippen molar-refractivity contribution in [2.45, 2.75) is 19.3 Å². The summed E-state index contributed by atoms with van der Waals surface area (Å²) in [5, 5.41) is 2.80. The largest absolute Gasteiger partial charge is 0.497 e. The first-order valence-corrected chi connectivity index (χ1v) is 6.14. The average molecular weight is 266 g/mol. The summed E-state index contributed by atoms with van der Waals surface area (Å²) < 4.78 is 10.6. The molecule has 0 aliphatic carbocycles. The van der Waals surface area contributed by atoms with Crippen LogP contribution >= 0.6 is 0 Å². The van der Waals surface area contributed by atoms with Gasteiger partial charge in [-0.3, -0.25) is 4.79 Å². The first-order valence-electron chi connectivity index (χ1n) is 6.14. The molecule has 0 bridgehead atoms. The lowest BCUT2D eigenvalue weighted by molar-refractivity contribution is -0.119. The van der Waals surface area contributed by atoms with Crippen LogP contribution in [-0.2, 0) is 10.2 Å². The lowest BCUT2D eigenvalue weighted by Gasteiger charge is -2.27. The number of methoxy groups -OCH3 is 2. The molecule has 5 nitrogen and oxygen atoms in total. The van der Waals surface area contributed by atoms with Crippen LogP contribution in [0.3, 0.4) is 0 Å². The maximum absolute atomic E-state index is 11.3. The Morgan fingerprint density at radius 2 is 2.00 bits per heavy atom. The van der Waals surface area contributed by atoms with Crippen LogP contribution in [0.1, 0.15) is 19.4 Å². The van der Waals surface area contributed by atoms with Gasteiger partial charge in [0.15, 0.2) is 0 Å². The predicted molar refractivity (Wildman–Crippen MR) is 74.6 cm³/mol. The van der Waals surface area contributed by atoms with Gasteiger partial charge < -0.3 is 20.5 Å². The number of benzene rings is 1. The number of rotatable bonds is 6. The average Bonchev–Trinajstić information content (AvgIpc) is 2.43. The van der Waals surface area contributed by atoms with Gasteiger partial charge in [-0.2, -0.15) is 0 Å². The van der Waals surface area contributed by atoms with Crippen molar-refractivity contribution in [2.24, 2.45) is 5.73 Å². The van der Waals surface area contributed by atoms with E-state index in [4.69, 9.17) is 15.2 Å². The molecular formula is C14H22N2O3. The minimum atomic E-state index is -0.287. The molecular weight excluding hydrogens is 244 g/mol. The zero-order chi connectivity index (χ0) is 14.5. The quantitative estimate of drug-likeness (QED) is 0.807. The van der Waals surface area contributed by atoms with Gasteiger partial charge in [-0.1, -0.05) is 13.8 Å². The van der Waals surface area contributed by atoms with Crippen molar-refractivity contribution in [3.05, 3.63) is 23.8 Å². The van der Waals surface area contributed by atoms with Gasteiger partial charge in [-0.05, 0) is 18.2 Å². The first-order chi connectivity index (χ1) is 8.94. The Hall–Kier alpha value is -1.75. The van der Waals surface area contributed by atoms with Crippen molar-refractivity contribution in [1.29, 1.82) is 0 Å². The van der Waals surface area contributed by atoms with Crippen molar-refractivity contribution < 1.29 is 14.3 Å². The van der Waals surface area contributed by atoms with Crippen LogP contribution in [0.4, 0.5) is 0 Å². The van der Waals surface area contributed by atoms with Gasteiger partial charge in [-0.25, -0.2) is 0 Å². The number of carbonyl (C=O) groups is 1. The maximum atomic E-state index is 11.3. The Balaban J connectivity index is 3.00. The Bertz CT molecular complexity index is 444. The highest BCUT2D eigenvalue weighted by Crippen LogP contribution is 2.34. The number of amides is 1. The standard InChI is InChI=1S/C14H22N2O3/c1-14(2,9-16-13(17)8-15)11-7-10(18-3)5-6-12(11)19-4/h5-7H,8-9,15H2,1-4H3,(H,16,17). The molecule has 0 aromatic heterocycles. The highest BCUT2D eigenvalue weighted by atomic mass is 16.5. The van der Waals surface area contributed by atoms with Crippen molar-refractivity contribution in [1.82, 2.24) is 5.32 Å². The monoisotopic (exact) mass is 266 g/mol. The molecule has 0 heterocycles. The summed E-state index contributed by atoms with van der Waals surface area (Å²) >= 11 is 0. The molecule has 1 amide bonds. The third kappa shape index (κ3) is 3.86. The minimum absolute atomic E-state index is 0.00861. The van der Waals surface area contributed by atoms with Gasteiger partial charge in [0, 0.05) is 17.5 Å². The highest BCUT2D eigenvalue weighted by molar-refractivity contribution is 5.77. The molecule has 0 saturated heterocycles. The van der Waals surface area contributed by atoms with E-state index in [0.717, 1.165) is 17.1 Å². The van der Waals surface area contributed by atoms with E-state index in [-0.39, 0.29) is 17.9 Å². The molecule has 0 atom stereocenters. The Morgan fingerprint density at radius 3 is 2.53 bits per heavy atom. The van der Waals surface area contributed by atoms with Gasteiger partial charge in [0.05, 0.1) is 20.8 Å². The van der Waals surface area contributed by atoms with Crippen LogP contribution in [0.25, 0.3) is 0 Å². The molecule has 5 heteroatoms. The summed E-state index contributed by atoms with van der Waals surface area (Å²) in [6.45, 7) is 4.53. The fourth-order valence-corrected chi connectivity index (χ4v) is 1.83. The van der Waals surface area contributed by atoms with Crippen LogP contribution in [0.2, 0.25) is 0 Å². The predicted octanol–water partition coefficient (Wildman–Crippen LogP) is 1.06. The van der Waals surface area contributed by atoms with Gasteiger partial charge in [0.25, 0.3) is 0 Å². The SMILES string of the molecule is COc1ccc(OC)c(C(C)(C)CNC(=O)CN)c1. The number of nitrogens with one attached hydrogen (secondary N) is 1. The highest BCUT2D eigenvalue weighted by Gasteiger charge is 2.25. The second-order valence-electron chi connectivity index (χ2n) is 4.93. The van der Waals surface area contributed by atoms with Gasteiger partial charge in [-0.15, -0.1) is 0 Å². The van der Waals surface area contributed by atoms with Crippen molar-refractivity contribution in [2.75, 3.05) is 27.3 Å². The molecule has 1 aromatic rings. The molecule has 0 radical (unpaired) electrons. The van der Waals surface area contributed by atoms with Crippen molar-refractivity contribution in [3.8, 4) is 11.5 Å². The lowest BCUT2D eigenvalue weighted by Crippen LogP contribution is -2.39. The molecule has 106 valence electrons. The van der Waals surface area contributed by atoms with Crippen molar-refractivity contribution in [3.63, 3.8) is 0 Å². The number of carbonyl (C=O) groups excluding carboxylic acids is 1. The number of hydrogen-bond donors (Lipinski definition) is 2. The van der Waals surface area contributed by atoms with E-state index in [1.54, 1.807) is 14.2 Å². The maximum Gasteiger partial charge on any atom is 0.233 e. The van der Waals surface area contributed by atoms with E-state index in [0.29, 0.717) is 6.54 Å². The van der Waals surface area contributed by atoms with Crippen LogP contribution < -0.4 is 20.5 Å². The Morgan fingerprint density at radius 1 is 1.32 bits per heavy atom. The number of nitrogens with two attached hydrogens (primary N) is 1. The van der Waals surface area contributed by atoms with Gasteiger partial charge in [0.1, 0.15) is 11.5 Å². The van der Waals surface area contributed by atoms with E-state index in [9.17, 15) is 4.79 Å². The number of hydrogen-bond acceptors (Lipinski definition) is 4. The summed E-state index contributed by atoms with van der Waals surface area (Å²) in [5.74, 6) is 1.36. The molecule has 0 spiro atoms.